The van der Waals surface area contributed by atoms with Crippen molar-refractivity contribution in [2.24, 2.45) is 5.92 Å². The molecule has 0 heterocycles. The third-order valence-corrected chi connectivity index (χ3v) is 3.75. The van der Waals surface area contributed by atoms with Crippen LogP contribution in [0.2, 0.25) is 5.02 Å². The first-order chi connectivity index (χ1) is 8.90. The van der Waals surface area contributed by atoms with Gasteiger partial charge in [-0.05, 0) is 18.9 Å². The maximum Gasteiger partial charge on any atom is 0.255 e. The number of ether oxygens (including phenoxy) is 1. The third kappa shape index (κ3) is 3.77. The predicted molar refractivity (Wildman–Crippen MR) is 78.8 cm³/mol. The molecule has 0 aromatic heterocycles. The zero-order valence-electron chi connectivity index (χ0n) is 11.8. The Morgan fingerprint density at radius 2 is 2.11 bits per heavy atom. The van der Waals surface area contributed by atoms with Crippen LogP contribution in [-0.2, 0) is 0 Å². The van der Waals surface area contributed by atoms with Crippen LogP contribution in [0, 0.1) is 5.92 Å². The molecule has 1 aromatic rings. The summed E-state index contributed by atoms with van der Waals surface area (Å²) >= 11 is 5.95. The molecule has 2 unspecified atom stereocenters. The second kappa shape index (κ2) is 6.66. The highest BCUT2D eigenvalue weighted by Crippen LogP contribution is 2.28. The van der Waals surface area contributed by atoms with Gasteiger partial charge in [0, 0.05) is 12.1 Å². The highest BCUT2D eigenvalue weighted by atomic mass is 35.5. The zero-order valence-corrected chi connectivity index (χ0v) is 12.5. The van der Waals surface area contributed by atoms with E-state index in [0.717, 1.165) is 6.42 Å². The van der Waals surface area contributed by atoms with Gasteiger partial charge in [0.05, 0.1) is 23.4 Å². The number of hydrogen-bond donors (Lipinski definition) is 2. The third-order valence-electron chi connectivity index (χ3n) is 3.42. The first-order valence-electron chi connectivity index (χ1n) is 6.34. The van der Waals surface area contributed by atoms with Gasteiger partial charge in [-0.25, -0.2) is 0 Å². The summed E-state index contributed by atoms with van der Waals surface area (Å²) in [5.74, 6) is 0.626. The number of carbonyl (C=O) groups is 1. The van der Waals surface area contributed by atoms with Crippen molar-refractivity contribution < 1.29 is 9.53 Å². The molecule has 106 valence electrons. The second-order valence-electron chi connectivity index (χ2n) is 4.72. The Labute approximate surface area is 119 Å². The summed E-state index contributed by atoms with van der Waals surface area (Å²) in [6.07, 6.45) is 1.00. The van der Waals surface area contributed by atoms with E-state index in [4.69, 9.17) is 22.1 Å². The Hall–Kier alpha value is -1.42. The summed E-state index contributed by atoms with van der Waals surface area (Å²) in [6, 6.07) is 3.18. The van der Waals surface area contributed by atoms with E-state index in [1.54, 1.807) is 6.07 Å². The SMILES string of the molecule is CCC(C)C(C)NC(=O)c1cc(Cl)c(N)cc1OC. The van der Waals surface area contributed by atoms with Crippen molar-refractivity contribution >= 4 is 23.2 Å². The number of nitrogens with one attached hydrogen (secondary N) is 1. The number of carbonyl (C=O) groups excluding carboxylic acids is 1. The molecule has 0 aliphatic carbocycles. The molecule has 0 spiro atoms. The zero-order chi connectivity index (χ0) is 14.6. The number of halogens is 1. The molecular weight excluding hydrogens is 264 g/mol. The summed E-state index contributed by atoms with van der Waals surface area (Å²) in [7, 11) is 1.50. The Morgan fingerprint density at radius 1 is 1.47 bits per heavy atom. The van der Waals surface area contributed by atoms with E-state index >= 15 is 0 Å². The minimum atomic E-state index is -0.202. The summed E-state index contributed by atoms with van der Waals surface area (Å²) in [5, 5.41) is 3.30. The average molecular weight is 285 g/mol. The Balaban J connectivity index is 2.96. The standard InChI is InChI=1S/C14H21ClN2O2/c1-5-8(2)9(3)17-14(18)10-6-11(15)12(16)7-13(10)19-4/h6-9H,5,16H2,1-4H3,(H,17,18). The van der Waals surface area contributed by atoms with E-state index in [9.17, 15) is 4.79 Å². The largest absolute Gasteiger partial charge is 0.496 e. The molecule has 0 saturated carbocycles. The van der Waals surface area contributed by atoms with Crippen molar-refractivity contribution in [2.45, 2.75) is 33.2 Å². The lowest BCUT2D eigenvalue weighted by atomic mass is 10.0. The van der Waals surface area contributed by atoms with Crippen molar-refractivity contribution in [3.63, 3.8) is 0 Å². The van der Waals surface area contributed by atoms with Gasteiger partial charge in [0.25, 0.3) is 5.91 Å². The van der Waals surface area contributed by atoms with E-state index in [1.807, 2.05) is 6.92 Å². The van der Waals surface area contributed by atoms with Crippen molar-refractivity contribution in [2.75, 3.05) is 12.8 Å². The van der Waals surface area contributed by atoms with Gasteiger partial charge in [-0.1, -0.05) is 31.9 Å². The first-order valence-corrected chi connectivity index (χ1v) is 6.72. The Kier molecular flexibility index (Phi) is 5.48. The van der Waals surface area contributed by atoms with E-state index < -0.39 is 0 Å². The molecular formula is C14H21ClN2O2. The number of nitrogens with two attached hydrogens (primary N) is 1. The van der Waals surface area contributed by atoms with Crippen LogP contribution in [0.4, 0.5) is 5.69 Å². The molecule has 0 bridgehead atoms. The molecule has 0 aliphatic rings. The molecule has 1 amide bonds. The molecule has 2 atom stereocenters. The van der Waals surface area contributed by atoms with E-state index in [0.29, 0.717) is 27.9 Å². The molecule has 0 radical (unpaired) electrons. The quantitative estimate of drug-likeness (QED) is 0.817. The van der Waals surface area contributed by atoms with Crippen LogP contribution in [-0.4, -0.2) is 19.1 Å². The van der Waals surface area contributed by atoms with E-state index in [-0.39, 0.29) is 11.9 Å². The summed E-state index contributed by atoms with van der Waals surface area (Å²) in [5.41, 5.74) is 6.49. The fourth-order valence-electron chi connectivity index (χ4n) is 1.70. The van der Waals surface area contributed by atoms with Crippen LogP contribution >= 0.6 is 11.6 Å². The van der Waals surface area contributed by atoms with Gasteiger partial charge in [-0.15, -0.1) is 0 Å². The monoisotopic (exact) mass is 284 g/mol. The number of nitrogen functional groups attached to an aromatic ring is 1. The van der Waals surface area contributed by atoms with Gasteiger partial charge < -0.3 is 15.8 Å². The minimum Gasteiger partial charge on any atom is -0.496 e. The normalized spacial score (nSPS) is 13.7. The molecule has 3 N–H and O–H groups in total. The predicted octanol–water partition coefficient (Wildman–Crippen LogP) is 3.10. The molecule has 5 heteroatoms. The lowest BCUT2D eigenvalue weighted by Gasteiger charge is -2.20. The molecule has 19 heavy (non-hydrogen) atoms. The number of anilines is 1. The maximum atomic E-state index is 12.2. The molecule has 0 aliphatic heterocycles. The van der Waals surface area contributed by atoms with Crippen molar-refractivity contribution in [1.29, 1.82) is 0 Å². The van der Waals surface area contributed by atoms with Gasteiger partial charge in [0.2, 0.25) is 0 Å². The number of methoxy groups -OCH3 is 1. The topological polar surface area (TPSA) is 64.4 Å². The van der Waals surface area contributed by atoms with Gasteiger partial charge in [-0.2, -0.15) is 0 Å². The number of amides is 1. The Morgan fingerprint density at radius 3 is 2.63 bits per heavy atom. The summed E-state index contributed by atoms with van der Waals surface area (Å²) in [4.78, 5) is 12.2. The highest BCUT2D eigenvalue weighted by Gasteiger charge is 2.18. The van der Waals surface area contributed by atoms with Crippen LogP contribution in [0.3, 0.4) is 0 Å². The lowest BCUT2D eigenvalue weighted by Crippen LogP contribution is -2.37. The van der Waals surface area contributed by atoms with Crippen LogP contribution < -0.4 is 15.8 Å². The average Bonchev–Trinajstić information content (AvgIpc) is 2.39. The fourth-order valence-corrected chi connectivity index (χ4v) is 1.86. The van der Waals surface area contributed by atoms with Gasteiger partial charge >= 0.3 is 0 Å². The molecule has 0 saturated heterocycles. The number of benzene rings is 1. The molecule has 0 fully saturated rings. The lowest BCUT2D eigenvalue weighted by molar-refractivity contribution is 0.0925. The molecule has 1 rings (SSSR count). The minimum absolute atomic E-state index is 0.0820. The Bertz CT molecular complexity index is 463. The van der Waals surface area contributed by atoms with Crippen LogP contribution in [0.5, 0.6) is 5.75 Å². The fraction of sp³-hybridized carbons (Fsp3) is 0.500. The number of rotatable bonds is 5. The van der Waals surface area contributed by atoms with Gasteiger partial charge in [0.1, 0.15) is 5.75 Å². The van der Waals surface area contributed by atoms with Crippen molar-refractivity contribution in [3.05, 3.63) is 22.7 Å². The summed E-state index contributed by atoms with van der Waals surface area (Å²) in [6.45, 7) is 6.17. The van der Waals surface area contributed by atoms with Crippen molar-refractivity contribution in [1.82, 2.24) is 5.32 Å². The van der Waals surface area contributed by atoms with E-state index in [1.165, 1.54) is 13.2 Å². The number of hydrogen-bond acceptors (Lipinski definition) is 3. The molecule has 4 nitrogen and oxygen atoms in total. The van der Waals surface area contributed by atoms with E-state index in [2.05, 4.69) is 19.2 Å². The van der Waals surface area contributed by atoms with Crippen LogP contribution in [0.15, 0.2) is 12.1 Å². The van der Waals surface area contributed by atoms with Crippen LogP contribution in [0.1, 0.15) is 37.6 Å². The smallest absolute Gasteiger partial charge is 0.255 e. The maximum absolute atomic E-state index is 12.2. The summed E-state index contributed by atoms with van der Waals surface area (Å²) < 4.78 is 5.17. The van der Waals surface area contributed by atoms with Crippen LogP contribution in [0.25, 0.3) is 0 Å². The first kappa shape index (κ1) is 15.6. The van der Waals surface area contributed by atoms with Crippen molar-refractivity contribution in [3.8, 4) is 5.75 Å². The molecule has 1 aromatic carbocycles. The highest BCUT2D eigenvalue weighted by molar-refractivity contribution is 6.33. The van der Waals surface area contributed by atoms with Gasteiger partial charge in [0.15, 0.2) is 0 Å². The second-order valence-corrected chi connectivity index (χ2v) is 5.13. The van der Waals surface area contributed by atoms with Gasteiger partial charge in [-0.3, -0.25) is 4.79 Å².